The van der Waals surface area contributed by atoms with E-state index in [1.807, 2.05) is 6.07 Å². The number of amides is 2. The summed E-state index contributed by atoms with van der Waals surface area (Å²) in [7, 11) is 0. The lowest BCUT2D eigenvalue weighted by atomic mass is 9.77. The second kappa shape index (κ2) is 6.71. The number of hydrogen-bond acceptors (Lipinski definition) is 2. The average molecular weight is 354 g/mol. The molecule has 0 radical (unpaired) electrons. The van der Waals surface area contributed by atoms with Crippen molar-refractivity contribution < 1.29 is 9.59 Å². The Morgan fingerprint density at radius 2 is 1.96 bits per heavy atom. The molecule has 2 heterocycles. The van der Waals surface area contributed by atoms with Gasteiger partial charge in [0.05, 0.1) is 5.92 Å². The Hall–Kier alpha value is -1.84. The summed E-state index contributed by atoms with van der Waals surface area (Å²) in [5, 5.41) is 0. The number of nitrogens with zero attached hydrogens (tertiary/aromatic N) is 2. The summed E-state index contributed by atoms with van der Waals surface area (Å²) in [5.41, 5.74) is 2.68. The number of fused-ring (bicyclic) bond motifs is 1. The fourth-order valence-corrected chi connectivity index (χ4v) is 5.16. The first-order valence-electron chi connectivity index (χ1n) is 10.1. The molecule has 4 heteroatoms. The van der Waals surface area contributed by atoms with E-state index in [0.29, 0.717) is 24.2 Å². The van der Waals surface area contributed by atoms with Gasteiger partial charge in [0.1, 0.15) is 0 Å². The highest BCUT2D eigenvalue weighted by molar-refractivity contribution is 5.85. The second-order valence-corrected chi connectivity index (χ2v) is 8.96. The molecular formula is C22H30N2O2. The van der Waals surface area contributed by atoms with E-state index in [9.17, 15) is 9.59 Å². The highest BCUT2D eigenvalue weighted by atomic mass is 16.2. The van der Waals surface area contributed by atoms with Crippen LogP contribution in [0.25, 0.3) is 0 Å². The zero-order valence-electron chi connectivity index (χ0n) is 16.0. The van der Waals surface area contributed by atoms with Gasteiger partial charge >= 0.3 is 0 Å². The Morgan fingerprint density at radius 1 is 1.23 bits per heavy atom. The third-order valence-corrected chi connectivity index (χ3v) is 6.56. The Bertz CT molecular complexity index is 704. The van der Waals surface area contributed by atoms with Crippen LogP contribution in [0.15, 0.2) is 24.3 Å². The highest BCUT2D eigenvalue weighted by Crippen LogP contribution is 2.42. The zero-order valence-corrected chi connectivity index (χ0v) is 16.0. The highest BCUT2D eigenvalue weighted by Gasteiger charge is 2.46. The van der Waals surface area contributed by atoms with Crippen LogP contribution in [0.1, 0.15) is 56.6 Å². The fourth-order valence-electron chi connectivity index (χ4n) is 5.16. The smallest absolute Gasteiger partial charge is 0.230 e. The lowest BCUT2D eigenvalue weighted by Gasteiger charge is -2.39. The van der Waals surface area contributed by atoms with Crippen molar-refractivity contribution in [3.05, 3.63) is 35.4 Å². The van der Waals surface area contributed by atoms with Gasteiger partial charge in [0, 0.05) is 38.0 Å². The molecule has 0 aromatic heterocycles. The van der Waals surface area contributed by atoms with Crippen molar-refractivity contribution in [2.75, 3.05) is 26.2 Å². The number of likely N-dealkylation sites (tertiary alicyclic amines) is 2. The third kappa shape index (κ3) is 3.15. The van der Waals surface area contributed by atoms with Gasteiger partial charge in [-0.25, -0.2) is 0 Å². The number of piperidine rings is 1. The van der Waals surface area contributed by atoms with Crippen LogP contribution in [-0.4, -0.2) is 47.8 Å². The molecule has 26 heavy (non-hydrogen) atoms. The molecule has 4 nitrogen and oxygen atoms in total. The minimum Gasteiger partial charge on any atom is -0.342 e. The van der Waals surface area contributed by atoms with E-state index < -0.39 is 0 Å². The summed E-state index contributed by atoms with van der Waals surface area (Å²) in [6.07, 6.45) is 4.57. The predicted molar refractivity (Wildman–Crippen MR) is 102 cm³/mol. The number of benzene rings is 1. The first kappa shape index (κ1) is 17.6. The van der Waals surface area contributed by atoms with Gasteiger partial charge in [-0.2, -0.15) is 0 Å². The van der Waals surface area contributed by atoms with Crippen LogP contribution in [0.2, 0.25) is 0 Å². The van der Waals surface area contributed by atoms with Crippen LogP contribution in [0.3, 0.4) is 0 Å². The molecule has 0 bridgehead atoms. The van der Waals surface area contributed by atoms with Crippen molar-refractivity contribution in [3.8, 4) is 0 Å². The molecule has 1 aliphatic carbocycles. The molecule has 0 N–H and O–H groups in total. The van der Waals surface area contributed by atoms with Gasteiger partial charge in [-0.3, -0.25) is 9.59 Å². The van der Waals surface area contributed by atoms with E-state index in [1.54, 1.807) is 0 Å². The van der Waals surface area contributed by atoms with Crippen LogP contribution in [-0.2, 0) is 16.0 Å². The van der Waals surface area contributed by atoms with Crippen molar-refractivity contribution in [2.24, 2.45) is 11.3 Å². The quantitative estimate of drug-likeness (QED) is 0.836. The Kier molecular flexibility index (Phi) is 4.54. The summed E-state index contributed by atoms with van der Waals surface area (Å²) < 4.78 is 0. The maximum atomic E-state index is 13.1. The molecule has 1 atom stereocenters. The third-order valence-electron chi connectivity index (χ3n) is 6.56. The van der Waals surface area contributed by atoms with Gasteiger partial charge in [0.2, 0.25) is 11.8 Å². The minimum atomic E-state index is 0.0444. The Labute approximate surface area is 156 Å². The molecule has 2 saturated heterocycles. The van der Waals surface area contributed by atoms with E-state index in [2.05, 4.69) is 41.8 Å². The standard InChI is InChI=1S/C22H30N2O2/c1-16(2)14-24-15-22(13-20(24)25)9-11-23(12-10-22)21(26)19-8-7-17-5-3-4-6-18(17)19/h3-6,16,19H,7-15H2,1-2H3/t19-/m1/s1. The fraction of sp³-hybridized carbons (Fsp3) is 0.636. The normalized spacial score (nSPS) is 24.6. The first-order valence-corrected chi connectivity index (χ1v) is 10.1. The van der Waals surface area contributed by atoms with Gasteiger partial charge in [-0.1, -0.05) is 38.1 Å². The molecule has 4 rings (SSSR count). The molecule has 1 spiro atoms. The number of carbonyl (C=O) groups excluding carboxylic acids is 2. The molecule has 140 valence electrons. The average Bonchev–Trinajstić information content (AvgIpc) is 3.16. The monoisotopic (exact) mass is 354 g/mol. The summed E-state index contributed by atoms with van der Waals surface area (Å²) >= 11 is 0. The topological polar surface area (TPSA) is 40.6 Å². The summed E-state index contributed by atoms with van der Waals surface area (Å²) in [5.74, 6) is 1.16. The molecule has 2 amide bonds. The number of rotatable bonds is 3. The molecule has 0 unspecified atom stereocenters. The van der Waals surface area contributed by atoms with Crippen molar-refractivity contribution in [3.63, 3.8) is 0 Å². The largest absolute Gasteiger partial charge is 0.342 e. The molecule has 3 aliphatic rings. The van der Waals surface area contributed by atoms with Crippen LogP contribution in [0.4, 0.5) is 0 Å². The van der Waals surface area contributed by atoms with Crippen LogP contribution < -0.4 is 0 Å². The summed E-state index contributed by atoms with van der Waals surface area (Å²) in [6, 6.07) is 8.39. The maximum absolute atomic E-state index is 13.1. The van der Waals surface area contributed by atoms with E-state index in [0.717, 1.165) is 51.9 Å². The Morgan fingerprint density at radius 3 is 2.69 bits per heavy atom. The molecule has 2 fully saturated rings. The molecular weight excluding hydrogens is 324 g/mol. The lowest BCUT2D eigenvalue weighted by molar-refractivity contribution is -0.135. The summed E-state index contributed by atoms with van der Waals surface area (Å²) in [4.78, 5) is 29.6. The molecule has 1 aromatic carbocycles. The van der Waals surface area contributed by atoms with Crippen LogP contribution in [0.5, 0.6) is 0 Å². The van der Waals surface area contributed by atoms with Gasteiger partial charge < -0.3 is 9.80 Å². The minimum absolute atomic E-state index is 0.0444. The van der Waals surface area contributed by atoms with Crippen molar-refractivity contribution in [1.29, 1.82) is 0 Å². The van der Waals surface area contributed by atoms with Gasteiger partial charge in [-0.15, -0.1) is 0 Å². The summed E-state index contributed by atoms with van der Waals surface area (Å²) in [6.45, 7) is 7.69. The first-order chi connectivity index (χ1) is 12.5. The number of aryl methyl sites for hydroxylation is 1. The van der Waals surface area contributed by atoms with Crippen LogP contribution >= 0.6 is 0 Å². The van der Waals surface area contributed by atoms with E-state index in [4.69, 9.17) is 0 Å². The van der Waals surface area contributed by atoms with Crippen molar-refractivity contribution >= 4 is 11.8 Å². The maximum Gasteiger partial charge on any atom is 0.230 e. The number of hydrogen-bond donors (Lipinski definition) is 0. The van der Waals surface area contributed by atoms with E-state index in [1.165, 1.54) is 11.1 Å². The second-order valence-electron chi connectivity index (χ2n) is 8.96. The van der Waals surface area contributed by atoms with E-state index >= 15 is 0 Å². The lowest BCUT2D eigenvalue weighted by Crippen LogP contribution is -2.45. The molecule has 2 aliphatic heterocycles. The predicted octanol–water partition coefficient (Wildman–Crippen LogP) is 3.21. The molecule has 1 aromatic rings. The van der Waals surface area contributed by atoms with E-state index in [-0.39, 0.29) is 11.3 Å². The zero-order chi connectivity index (χ0) is 18.3. The molecule has 0 saturated carbocycles. The van der Waals surface area contributed by atoms with Gasteiger partial charge in [0.25, 0.3) is 0 Å². The van der Waals surface area contributed by atoms with Crippen molar-refractivity contribution in [1.82, 2.24) is 9.80 Å². The van der Waals surface area contributed by atoms with Gasteiger partial charge in [0.15, 0.2) is 0 Å². The Balaban J connectivity index is 1.39. The van der Waals surface area contributed by atoms with Crippen LogP contribution in [0, 0.1) is 11.3 Å². The van der Waals surface area contributed by atoms with Gasteiger partial charge in [-0.05, 0) is 42.7 Å². The van der Waals surface area contributed by atoms with Crippen molar-refractivity contribution in [2.45, 2.75) is 51.9 Å². The number of carbonyl (C=O) groups is 2. The SMILES string of the molecule is CC(C)CN1CC2(CCN(C(=O)[C@@H]3CCc4ccccc43)CC2)CC1=O.